The van der Waals surface area contributed by atoms with Crippen LogP contribution in [0.1, 0.15) is 55.8 Å². The number of pyridine rings is 1. The van der Waals surface area contributed by atoms with E-state index in [0.717, 1.165) is 98.4 Å². The minimum atomic E-state index is -0.0161. The van der Waals surface area contributed by atoms with Gasteiger partial charge < -0.3 is 29.2 Å². The molecule has 2 N–H and O–H groups in total. The number of rotatable bonds is 6. The van der Waals surface area contributed by atoms with E-state index in [1.807, 2.05) is 29.3 Å². The molecule has 210 valence electrons. The van der Waals surface area contributed by atoms with Gasteiger partial charge in [0.05, 0.1) is 23.9 Å². The van der Waals surface area contributed by atoms with Crippen molar-refractivity contribution in [3.8, 4) is 17.3 Å². The molecule has 1 spiro atoms. The van der Waals surface area contributed by atoms with Crippen LogP contribution in [0.25, 0.3) is 33.6 Å². The minimum Gasteiger partial charge on any atom is -0.494 e. The molecule has 40 heavy (non-hydrogen) atoms. The zero-order valence-corrected chi connectivity index (χ0v) is 23.4. The summed E-state index contributed by atoms with van der Waals surface area (Å²) in [4.78, 5) is 25.3. The van der Waals surface area contributed by atoms with E-state index in [2.05, 4.69) is 33.2 Å². The summed E-state index contributed by atoms with van der Waals surface area (Å²) in [6.45, 7) is 5.91. The largest absolute Gasteiger partial charge is 0.494 e. The first kappa shape index (κ1) is 25.5. The molecule has 3 aliphatic rings. The van der Waals surface area contributed by atoms with Crippen LogP contribution < -0.4 is 10.5 Å². The standard InChI is InChI=1S/C31H38N6O3/c1-3-36-25(14-21-7-4-10-33-28(21)36)29-34-24-13-22(30(38)35-11-5-8-23(32)19-35)15-26(39-2)27(24)37(29)18-20-16-31(17-20)9-6-12-40-31/h4,7,10,13-15,20,23H,3,5-6,8-9,11-12,16-19,32H2,1-2H3/t20?,23-,31?/m1/s1. The van der Waals surface area contributed by atoms with Crippen molar-refractivity contribution in [2.45, 2.75) is 70.2 Å². The van der Waals surface area contributed by atoms with Gasteiger partial charge in [-0.05, 0) is 81.7 Å². The predicted molar refractivity (Wildman–Crippen MR) is 154 cm³/mol. The van der Waals surface area contributed by atoms with Gasteiger partial charge in [0.15, 0.2) is 5.82 Å². The maximum absolute atomic E-state index is 13.6. The normalized spacial score (nSPS) is 24.7. The van der Waals surface area contributed by atoms with Crippen LogP contribution in [0.5, 0.6) is 5.75 Å². The summed E-state index contributed by atoms with van der Waals surface area (Å²) in [5.41, 5.74) is 10.5. The van der Waals surface area contributed by atoms with E-state index in [-0.39, 0.29) is 17.6 Å². The van der Waals surface area contributed by atoms with E-state index in [1.165, 1.54) is 0 Å². The summed E-state index contributed by atoms with van der Waals surface area (Å²) >= 11 is 0. The third kappa shape index (κ3) is 4.18. The van der Waals surface area contributed by atoms with Crippen LogP contribution in [0.3, 0.4) is 0 Å². The van der Waals surface area contributed by atoms with Gasteiger partial charge in [-0.1, -0.05) is 0 Å². The zero-order valence-electron chi connectivity index (χ0n) is 23.4. The highest BCUT2D eigenvalue weighted by Gasteiger charge is 2.47. The van der Waals surface area contributed by atoms with Crippen molar-refractivity contribution >= 4 is 28.0 Å². The average molecular weight is 543 g/mol. The van der Waals surface area contributed by atoms with Gasteiger partial charge in [0.1, 0.15) is 16.9 Å². The fourth-order valence-electron chi connectivity index (χ4n) is 7.31. The molecule has 1 aromatic carbocycles. The third-order valence-electron chi connectivity index (χ3n) is 9.17. The maximum atomic E-state index is 13.6. The number of nitrogens with zero attached hydrogens (tertiary/aromatic N) is 5. The number of likely N-dealkylation sites (tertiary alicyclic amines) is 1. The first-order valence-corrected chi connectivity index (χ1v) is 14.7. The molecule has 9 nitrogen and oxygen atoms in total. The molecule has 3 aromatic heterocycles. The molecular weight excluding hydrogens is 504 g/mol. The van der Waals surface area contributed by atoms with Crippen LogP contribution in [-0.2, 0) is 17.8 Å². The van der Waals surface area contributed by atoms with Crippen molar-refractivity contribution in [2.75, 3.05) is 26.8 Å². The van der Waals surface area contributed by atoms with E-state index in [4.69, 9.17) is 20.2 Å². The lowest BCUT2D eigenvalue weighted by atomic mass is 9.69. The van der Waals surface area contributed by atoms with Crippen molar-refractivity contribution in [3.05, 3.63) is 42.1 Å². The second kappa shape index (κ2) is 9.89. The van der Waals surface area contributed by atoms with Crippen molar-refractivity contribution in [1.82, 2.24) is 24.0 Å². The Morgan fingerprint density at radius 1 is 1.23 bits per heavy atom. The van der Waals surface area contributed by atoms with Crippen LogP contribution in [-0.4, -0.2) is 68.4 Å². The van der Waals surface area contributed by atoms with E-state index in [9.17, 15) is 4.79 Å². The predicted octanol–water partition coefficient (Wildman–Crippen LogP) is 4.60. The second-order valence-corrected chi connectivity index (χ2v) is 11.8. The van der Waals surface area contributed by atoms with Crippen molar-refractivity contribution in [1.29, 1.82) is 0 Å². The first-order valence-electron chi connectivity index (χ1n) is 14.7. The number of hydrogen-bond acceptors (Lipinski definition) is 6. The lowest BCUT2D eigenvalue weighted by Gasteiger charge is -2.44. The molecule has 1 atom stereocenters. The second-order valence-electron chi connectivity index (χ2n) is 11.8. The number of hydrogen-bond donors (Lipinski definition) is 1. The number of piperidine rings is 1. The van der Waals surface area contributed by atoms with E-state index >= 15 is 0 Å². The molecule has 1 amide bonds. The summed E-state index contributed by atoms with van der Waals surface area (Å²) in [6, 6.07) is 10.1. The van der Waals surface area contributed by atoms with E-state index < -0.39 is 0 Å². The molecule has 0 bridgehead atoms. The summed E-state index contributed by atoms with van der Waals surface area (Å²) in [5, 5.41) is 1.09. The van der Waals surface area contributed by atoms with Gasteiger partial charge in [-0.25, -0.2) is 9.97 Å². The quantitative estimate of drug-likeness (QED) is 0.382. The molecule has 0 radical (unpaired) electrons. The molecule has 9 heteroatoms. The lowest BCUT2D eigenvalue weighted by molar-refractivity contribution is -0.0939. The number of amides is 1. The Morgan fingerprint density at radius 3 is 2.85 bits per heavy atom. The van der Waals surface area contributed by atoms with Gasteiger partial charge in [-0.3, -0.25) is 4.79 Å². The Balaban J connectivity index is 1.35. The number of benzene rings is 1. The van der Waals surface area contributed by atoms with Crippen LogP contribution >= 0.6 is 0 Å². The zero-order chi connectivity index (χ0) is 27.4. The number of carbonyl (C=O) groups excluding carboxylic acids is 1. The van der Waals surface area contributed by atoms with Crippen LogP contribution in [0.4, 0.5) is 0 Å². The Hall–Kier alpha value is -3.43. The number of imidazole rings is 1. The number of methoxy groups -OCH3 is 1. The van der Waals surface area contributed by atoms with Crippen molar-refractivity contribution in [2.24, 2.45) is 11.7 Å². The molecule has 7 rings (SSSR count). The lowest BCUT2D eigenvalue weighted by Crippen LogP contribution is -2.45. The smallest absolute Gasteiger partial charge is 0.254 e. The molecule has 4 aromatic rings. The van der Waals surface area contributed by atoms with Gasteiger partial charge in [-0.2, -0.15) is 0 Å². The highest BCUT2D eigenvalue weighted by molar-refractivity contribution is 6.00. The molecule has 3 fully saturated rings. The monoisotopic (exact) mass is 542 g/mol. The fraction of sp³-hybridized carbons (Fsp3) is 0.516. The first-order chi connectivity index (χ1) is 19.5. The Kier molecular flexibility index (Phi) is 6.31. The molecule has 1 saturated carbocycles. The highest BCUT2D eigenvalue weighted by Crippen LogP contribution is 2.49. The molecule has 2 saturated heterocycles. The number of carbonyl (C=O) groups is 1. The molecular formula is C31H38N6O3. The third-order valence-corrected chi connectivity index (χ3v) is 9.17. The van der Waals surface area contributed by atoms with Crippen LogP contribution in [0.15, 0.2) is 36.5 Å². The fourth-order valence-corrected chi connectivity index (χ4v) is 7.31. The Morgan fingerprint density at radius 2 is 2.10 bits per heavy atom. The number of aryl methyl sites for hydroxylation is 1. The summed E-state index contributed by atoms with van der Waals surface area (Å²) in [5.74, 6) is 2.03. The number of aromatic nitrogens is 4. The van der Waals surface area contributed by atoms with Crippen LogP contribution in [0.2, 0.25) is 0 Å². The van der Waals surface area contributed by atoms with E-state index in [0.29, 0.717) is 23.8 Å². The van der Waals surface area contributed by atoms with Crippen molar-refractivity contribution in [3.63, 3.8) is 0 Å². The van der Waals surface area contributed by atoms with Gasteiger partial charge in [0.2, 0.25) is 0 Å². The van der Waals surface area contributed by atoms with Gasteiger partial charge in [-0.15, -0.1) is 0 Å². The van der Waals surface area contributed by atoms with Crippen LogP contribution in [0, 0.1) is 5.92 Å². The van der Waals surface area contributed by atoms with E-state index in [1.54, 1.807) is 7.11 Å². The summed E-state index contributed by atoms with van der Waals surface area (Å²) < 4.78 is 16.6. The number of fused-ring (bicyclic) bond motifs is 2. The maximum Gasteiger partial charge on any atom is 0.254 e. The number of nitrogens with two attached hydrogens (primary N) is 1. The topological polar surface area (TPSA) is 100 Å². The summed E-state index contributed by atoms with van der Waals surface area (Å²) in [7, 11) is 1.68. The van der Waals surface area contributed by atoms with Crippen molar-refractivity contribution < 1.29 is 14.3 Å². The molecule has 1 aliphatic carbocycles. The summed E-state index contributed by atoms with van der Waals surface area (Å²) in [6.07, 6.45) is 8.16. The minimum absolute atomic E-state index is 0.0161. The molecule has 2 aliphatic heterocycles. The van der Waals surface area contributed by atoms with Gasteiger partial charge >= 0.3 is 0 Å². The SMILES string of the molecule is CCn1c(-c2nc3cc(C(=O)N4CCC[C@@H](N)C4)cc(OC)c3n2CC2CC3(CCCO3)C2)cc2cccnc21. The highest BCUT2D eigenvalue weighted by atomic mass is 16.5. The Labute approximate surface area is 234 Å². The number of ether oxygens (including phenoxy) is 2. The Bertz CT molecular complexity index is 1570. The molecule has 0 unspecified atom stereocenters. The molecule has 5 heterocycles. The van der Waals surface area contributed by atoms with Gasteiger partial charge in [0, 0.05) is 56.0 Å². The van der Waals surface area contributed by atoms with Gasteiger partial charge in [0.25, 0.3) is 5.91 Å². The average Bonchev–Trinajstić information content (AvgIpc) is 3.67.